The zero-order chi connectivity index (χ0) is 15.5. The van der Waals surface area contributed by atoms with Crippen molar-refractivity contribution in [3.05, 3.63) is 29.8 Å². The molecule has 0 saturated heterocycles. The molecule has 120 valence electrons. The van der Waals surface area contributed by atoms with Gasteiger partial charge in [-0.1, -0.05) is 25.1 Å². The summed E-state index contributed by atoms with van der Waals surface area (Å²) in [4.78, 5) is 2.30. The van der Waals surface area contributed by atoms with Crippen LogP contribution in [-0.4, -0.2) is 51.4 Å². The number of nitrogens with one attached hydrogen (secondary N) is 1. The summed E-state index contributed by atoms with van der Waals surface area (Å²) >= 11 is 0. The smallest absolute Gasteiger partial charge is 0.124 e. The van der Waals surface area contributed by atoms with Crippen molar-refractivity contribution in [1.82, 2.24) is 10.2 Å². The van der Waals surface area contributed by atoms with Crippen LogP contribution in [0.25, 0.3) is 0 Å². The minimum absolute atomic E-state index is 0.268. The lowest BCUT2D eigenvalue weighted by molar-refractivity contribution is 0.119. The third-order valence-corrected chi connectivity index (χ3v) is 3.36. The second-order valence-corrected chi connectivity index (χ2v) is 5.04. The number of hydrogen-bond acceptors (Lipinski definition) is 4. The normalized spacial score (nSPS) is 12.6. The van der Waals surface area contributed by atoms with Gasteiger partial charge in [0.05, 0.1) is 13.2 Å². The van der Waals surface area contributed by atoms with Gasteiger partial charge in [0.15, 0.2) is 0 Å². The number of para-hydroxylation sites is 1. The molecule has 4 heteroatoms. The van der Waals surface area contributed by atoms with E-state index in [-0.39, 0.29) is 6.04 Å². The van der Waals surface area contributed by atoms with Crippen molar-refractivity contribution in [2.24, 2.45) is 0 Å². The number of hydrogen-bond donors (Lipinski definition) is 1. The van der Waals surface area contributed by atoms with Crippen LogP contribution in [0.5, 0.6) is 5.75 Å². The predicted molar refractivity (Wildman–Crippen MR) is 88.0 cm³/mol. The highest BCUT2D eigenvalue weighted by molar-refractivity contribution is 5.36. The Labute approximate surface area is 129 Å². The molecule has 21 heavy (non-hydrogen) atoms. The Morgan fingerprint density at radius 2 is 1.90 bits per heavy atom. The highest BCUT2D eigenvalue weighted by Gasteiger charge is 2.16. The van der Waals surface area contributed by atoms with Crippen LogP contribution in [0.1, 0.15) is 32.4 Å². The summed E-state index contributed by atoms with van der Waals surface area (Å²) in [7, 11) is 2.13. The first kappa shape index (κ1) is 18.0. The maximum atomic E-state index is 5.76. The van der Waals surface area contributed by atoms with E-state index < -0.39 is 0 Å². The van der Waals surface area contributed by atoms with Crippen molar-refractivity contribution in [1.29, 1.82) is 0 Å². The van der Waals surface area contributed by atoms with Crippen molar-refractivity contribution in [3.63, 3.8) is 0 Å². The van der Waals surface area contributed by atoms with E-state index in [0.29, 0.717) is 6.61 Å². The summed E-state index contributed by atoms with van der Waals surface area (Å²) < 4.78 is 11.2. The van der Waals surface area contributed by atoms with Gasteiger partial charge < -0.3 is 19.7 Å². The van der Waals surface area contributed by atoms with Crippen LogP contribution < -0.4 is 10.1 Å². The minimum Gasteiger partial charge on any atom is -0.494 e. The number of likely N-dealkylation sites (N-methyl/N-ethyl adjacent to an activating group) is 2. The Hall–Kier alpha value is -1.10. The third-order valence-electron chi connectivity index (χ3n) is 3.36. The van der Waals surface area contributed by atoms with Crippen LogP contribution in [0.3, 0.4) is 0 Å². The highest BCUT2D eigenvalue weighted by atomic mass is 16.5. The van der Waals surface area contributed by atoms with Gasteiger partial charge in [-0.2, -0.15) is 0 Å². The van der Waals surface area contributed by atoms with Gasteiger partial charge in [0, 0.05) is 31.3 Å². The molecule has 1 aromatic carbocycles. The predicted octanol–water partition coefficient (Wildman–Crippen LogP) is 2.70. The lowest BCUT2D eigenvalue weighted by atomic mass is 10.0. The van der Waals surface area contributed by atoms with Gasteiger partial charge in [0.2, 0.25) is 0 Å². The average Bonchev–Trinajstić information content (AvgIpc) is 2.48. The number of benzene rings is 1. The Morgan fingerprint density at radius 3 is 2.57 bits per heavy atom. The molecule has 1 rings (SSSR count). The molecular weight excluding hydrogens is 264 g/mol. The van der Waals surface area contributed by atoms with Gasteiger partial charge in [-0.3, -0.25) is 0 Å². The molecule has 0 aliphatic rings. The molecule has 1 aromatic rings. The van der Waals surface area contributed by atoms with Crippen LogP contribution in [-0.2, 0) is 4.74 Å². The first-order valence-corrected chi connectivity index (χ1v) is 7.94. The SMILES string of the molecule is CCNC(CN(C)CCOCC)c1ccccc1OCC. The van der Waals surface area contributed by atoms with Crippen LogP contribution in [0.2, 0.25) is 0 Å². The molecule has 1 N–H and O–H groups in total. The maximum Gasteiger partial charge on any atom is 0.124 e. The Kier molecular flexibility index (Phi) is 9.06. The van der Waals surface area contributed by atoms with E-state index in [1.54, 1.807) is 0 Å². The van der Waals surface area contributed by atoms with Crippen molar-refractivity contribution in [2.45, 2.75) is 26.8 Å². The molecule has 4 nitrogen and oxygen atoms in total. The van der Waals surface area contributed by atoms with Crippen molar-refractivity contribution in [3.8, 4) is 5.75 Å². The minimum atomic E-state index is 0.268. The summed E-state index contributed by atoms with van der Waals surface area (Å²) in [6, 6.07) is 8.56. The van der Waals surface area contributed by atoms with E-state index >= 15 is 0 Å². The Balaban J connectivity index is 2.71. The zero-order valence-electron chi connectivity index (χ0n) is 13.9. The van der Waals surface area contributed by atoms with E-state index in [4.69, 9.17) is 9.47 Å². The maximum absolute atomic E-state index is 5.76. The summed E-state index contributed by atoms with van der Waals surface area (Å²) in [6.07, 6.45) is 0. The number of rotatable bonds is 11. The van der Waals surface area contributed by atoms with Crippen LogP contribution >= 0.6 is 0 Å². The van der Waals surface area contributed by atoms with Crippen molar-refractivity contribution in [2.75, 3.05) is 46.5 Å². The van der Waals surface area contributed by atoms with Crippen LogP contribution in [0.4, 0.5) is 0 Å². The summed E-state index contributed by atoms with van der Waals surface area (Å²) in [5.41, 5.74) is 1.23. The first-order chi connectivity index (χ1) is 10.2. The second-order valence-electron chi connectivity index (χ2n) is 5.04. The van der Waals surface area contributed by atoms with Crippen LogP contribution in [0.15, 0.2) is 24.3 Å². The molecule has 0 saturated carbocycles. The molecule has 0 radical (unpaired) electrons. The van der Waals surface area contributed by atoms with Crippen molar-refractivity contribution >= 4 is 0 Å². The van der Waals surface area contributed by atoms with Gasteiger partial charge in [-0.05, 0) is 33.5 Å². The number of nitrogens with zero attached hydrogens (tertiary/aromatic N) is 1. The molecule has 0 bridgehead atoms. The van der Waals surface area contributed by atoms with Gasteiger partial charge in [0.1, 0.15) is 5.75 Å². The fraction of sp³-hybridized carbons (Fsp3) is 0.647. The van der Waals surface area contributed by atoms with E-state index in [0.717, 1.165) is 38.6 Å². The van der Waals surface area contributed by atoms with Gasteiger partial charge in [-0.15, -0.1) is 0 Å². The molecule has 0 aliphatic heterocycles. The fourth-order valence-electron chi connectivity index (χ4n) is 2.34. The largest absolute Gasteiger partial charge is 0.494 e. The lowest BCUT2D eigenvalue weighted by Gasteiger charge is -2.26. The molecule has 0 fully saturated rings. The lowest BCUT2D eigenvalue weighted by Crippen LogP contribution is -2.35. The van der Waals surface area contributed by atoms with Gasteiger partial charge in [-0.25, -0.2) is 0 Å². The molecule has 0 heterocycles. The van der Waals surface area contributed by atoms with E-state index in [2.05, 4.69) is 36.3 Å². The molecule has 0 amide bonds. The molecule has 0 spiro atoms. The van der Waals surface area contributed by atoms with E-state index in [1.165, 1.54) is 5.56 Å². The standard InChI is InChI=1S/C17H30N2O2/c1-5-18-16(14-19(4)12-13-20-6-2)15-10-8-9-11-17(15)21-7-3/h8-11,16,18H,5-7,12-14H2,1-4H3. The van der Waals surface area contributed by atoms with Gasteiger partial charge >= 0.3 is 0 Å². The Bertz CT molecular complexity index is 385. The van der Waals surface area contributed by atoms with Crippen molar-refractivity contribution < 1.29 is 9.47 Å². The molecule has 1 unspecified atom stereocenters. The Morgan fingerprint density at radius 1 is 1.14 bits per heavy atom. The topological polar surface area (TPSA) is 33.7 Å². The fourth-order valence-corrected chi connectivity index (χ4v) is 2.34. The third kappa shape index (κ3) is 6.46. The summed E-state index contributed by atoms with van der Waals surface area (Å²) in [5.74, 6) is 0.976. The van der Waals surface area contributed by atoms with E-state index in [1.807, 2.05) is 26.0 Å². The first-order valence-electron chi connectivity index (χ1n) is 7.94. The monoisotopic (exact) mass is 294 g/mol. The summed E-state index contributed by atoms with van der Waals surface area (Å²) in [5, 5.41) is 3.56. The zero-order valence-corrected chi connectivity index (χ0v) is 13.9. The van der Waals surface area contributed by atoms with E-state index in [9.17, 15) is 0 Å². The molecule has 0 aliphatic carbocycles. The molecule has 1 atom stereocenters. The quantitative estimate of drug-likeness (QED) is 0.636. The second kappa shape index (κ2) is 10.6. The van der Waals surface area contributed by atoms with Crippen LogP contribution in [0, 0.1) is 0 Å². The highest BCUT2D eigenvalue weighted by Crippen LogP contribution is 2.25. The average molecular weight is 294 g/mol. The summed E-state index contributed by atoms with van der Waals surface area (Å²) in [6.45, 7) is 11.2. The molecular formula is C17H30N2O2. The number of ether oxygens (including phenoxy) is 2. The molecule has 0 aromatic heterocycles. The van der Waals surface area contributed by atoms with Gasteiger partial charge in [0.25, 0.3) is 0 Å².